The monoisotopic (exact) mass is 476 g/mol. The molecule has 0 saturated carbocycles. The van der Waals surface area contributed by atoms with E-state index >= 15 is 0 Å². The number of halogens is 2. The molecule has 2 heterocycles. The van der Waals surface area contributed by atoms with Crippen LogP contribution >= 0.6 is 11.6 Å². The van der Waals surface area contributed by atoms with Gasteiger partial charge in [-0.15, -0.1) is 0 Å². The molecule has 7 heteroatoms. The molecule has 0 radical (unpaired) electrons. The van der Waals surface area contributed by atoms with Gasteiger partial charge in [-0.3, -0.25) is 0 Å². The van der Waals surface area contributed by atoms with Gasteiger partial charge in [0.15, 0.2) is 6.54 Å². The minimum atomic E-state index is 0. The van der Waals surface area contributed by atoms with Crippen LogP contribution in [-0.2, 0) is 19.6 Å². The van der Waals surface area contributed by atoms with Crippen LogP contribution in [0.25, 0.3) is 11.4 Å². The molecule has 0 unspecified atom stereocenters. The van der Waals surface area contributed by atoms with Crippen molar-refractivity contribution in [1.29, 1.82) is 0 Å². The van der Waals surface area contributed by atoms with Crippen molar-refractivity contribution in [3.8, 4) is 11.4 Å². The van der Waals surface area contributed by atoms with Gasteiger partial charge in [-0.2, -0.15) is 4.98 Å². The number of piperidine rings is 1. The van der Waals surface area contributed by atoms with Crippen LogP contribution in [-0.4, -0.2) is 27.7 Å². The summed E-state index contributed by atoms with van der Waals surface area (Å²) in [5, 5.41) is 4.89. The van der Waals surface area contributed by atoms with E-state index in [1.54, 1.807) is 0 Å². The second kappa shape index (κ2) is 9.85. The van der Waals surface area contributed by atoms with Gasteiger partial charge < -0.3 is 31.7 Å². The van der Waals surface area contributed by atoms with E-state index in [4.69, 9.17) is 21.9 Å². The minimum Gasteiger partial charge on any atom is -1.00 e. The lowest BCUT2D eigenvalue weighted by atomic mass is 10.0. The Bertz CT molecular complexity index is 905. The zero-order valence-corrected chi connectivity index (χ0v) is 18.7. The van der Waals surface area contributed by atoms with Crippen LogP contribution in [0.1, 0.15) is 36.3 Å². The maximum absolute atomic E-state index is 5.97. The molecule has 0 amide bonds. The van der Waals surface area contributed by atoms with Crippen LogP contribution in [0.2, 0.25) is 5.02 Å². The Hall–Kier alpha value is -1.73. The maximum atomic E-state index is 5.97. The van der Waals surface area contributed by atoms with E-state index in [0.29, 0.717) is 23.3 Å². The zero-order chi connectivity index (χ0) is 19.4. The average Bonchev–Trinajstić information content (AvgIpc) is 3.18. The fourth-order valence-corrected chi connectivity index (χ4v) is 4.17. The predicted octanol–water partition coefficient (Wildman–Crippen LogP) is 1.55. The number of quaternary nitrogens is 1. The van der Waals surface area contributed by atoms with Crippen LogP contribution in [0.15, 0.2) is 53.1 Å². The summed E-state index contributed by atoms with van der Waals surface area (Å²) >= 11 is 5.97. The van der Waals surface area contributed by atoms with E-state index in [1.807, 2.05) is 24.3 Å². The largest absolute Gasteiger partial charge is 1.00 e. The van der Waals surface area contributed by atoms with Crippen molar-refractivity contribution >= 4 is 11.6 Å². The molecule has 1 fully saturated rings. The second-order valence-corrected chi connectivity index (χ2v) is 8.14. The number of aromatic nitrogens is 2. The second-order valence-electron chi connectivity index (χ2n) is 7.70. The van der Waals surface area contributed by atoms with Crippen LogP contribution in [0, 0.1) is 0 Å². The summed E-state index contributed by atoms with van der Waals surface area (Å²) in [6.07, 6.45) is 3.77. The highest BCUT2D eigenvalue weighted by atomic mass is 79.9. The molecule has 2 aromatic carbocycles. The Morgan fingerprint density at radius 3 is 2.21 bits per heavy atom. The van der Waals surface area contributed by atoms with Gasteiger partial charge in [0.25, 0.3) is 5.89 Å². The van der Waals surface area contributed by atoms with Crippen molar-refractivity contribution in [2.45, 2.75) is 38.9 Å². The molecule has 0 atom stereocenters. The van der Waals surface area contributed by atoms with E-state index in [0.717, 1.165) is 36.2 Å². The molecule has 29 heavy (non-hydrogen) atoms. The fourth-order valence-electron chi connectivity index (χ4n) is 4.05. The number of hydrogen-bond acceptors (Lipinski definition) is 4. The first-order valence-corrected chi connectivity index (χ1v) is 10.3. The van der Waals surface area contributed by atoms with Crippen molar-refractivity contribution < 1.29 is 26.0 Å². The third kappa shape index (κ3) is 5.45. The number of likely N-dealkylation sites (tertiary alicyclic amines) is 1. The molecular weight excluding hydrogens is 452 g/mol. The quantitative estimate of drug-likeness (QED) is 0.547. The van der Waals surface area contributed by atoms with Gasteiger partial charge in [0, 0.05) is 22.7 Å². The first kappa shape index (κ1) is 22.0. The SMILES string of the molecule is NCc1ccc(C[N+]2(Cc3nc(-c4ccc(Cl)cc4)no3)CCCCC2)cc1.[Br-]. The third-order valence-electron chi connectivity index (χ3n) is 5.58. The Kier molecular flexibility index (Phi) is 7.46. The van der Waals surface area contributed by atoms with Gasteiger partial charge in [0.1, 0.15) is 6.54 Å². The number of benzene rings is 2. The third-order valence-corrected chi connectivity index (χ3v) is 5.83. The number of nitrogens with zero attached hydrogens (tertiary/aromatic N) is 3. The van der Waals surface area contributed by atoms with E-state index in [9.17, 15) is 0 Å². The molecular formula is C22H26BrClN4O. The molecule has 1 aliphatic rings. The number of rotatable bonds is 6. The molecule has 0 spiro atoms. The van der Waals surface area contributed by atoms with Crippen LogP contribution in [0.3, 0.4) is 0 Å². The lowest BCUT2D eigenvalue weighted by Gasteiger charge is -2.40. The van der Waals surface area contributed by atoms with Gasteiger partial charge in [0.2, 0.25) is 5.82 Å². The van der Waals surface area contributed by atoms with Gasteiger partial charge in [-0.05, 0) is 49.1 Å². The van der Waals surface area contributed by atoms with Crippen LogP contribution in [0.5, 0.6) is 0 Å². The summed E-state index contributed by atoms with van der Waals surface area (Å²) in [4.78, 5) is 4.67. The van der Waals surface area contributed by atoms with Gasteiger partial charge >= 0.3 is 0 Å². The van der Waals surface area contributed by atoms with Gasteiger partial charge in [0.05, 0.1) is 13.1 Å². The molecule has 1 saturated heterocycles. The topological polar surface area (TPSA) is 64.9 Å². The highest BCUT2D eigenvalue weighted by Crippen LogP contribution is 2.27. The summed E-state index contributed by atoms with van der Waals surface area (Å²) in [5.74, 6) is 1.32. The minimum absolute atomic E-state index is 0. The summed E-state index contributed by atoms with van der Waals surface area (Å²) in [7, 11) is 0. The molecule has 1 aromatic heterocycles. The fraction of sp³-hybridized carbons (Fsp3) is 0.364. The summed E-state index contributed by atoms with van der Waals surface area (Å²) in [5.41, 5.74) is 9.15. The molecule has 3 aromatic rings. The Labute approximate surface area is 187 Å². The molecule has 154 valence electrons. The smallest absolute Gasteiger partial charge is 0.282 e. The van der Waals surface area contributed by atoms with Crippen molar-refractivity contribution in [3.05, 3.63) is 70.6 Å². The van der Waals surface area contributed by atoms with E-state index in [-0.39, 0.29) is 17.0 Å². The first-order chi connectivity index (χ1) is 13.7. The summed E-state index contributed by atoms with van der Waals surface area (Å²) < 4.78 is 6.59. The maximum Gasteiger partial charge on any atom is 0.282 e. The zero-order valence-electron chi connectivity index (χ0n) is 16.4. The van der Waals surface area contributed by atoms with Crippen molar-refractivity contribution in [2.75, 3.05) is 13.1 Å². The molecule has 2 N–H and O–H groups in total. The predicted molar refractivity (Wildman–Crippen MR) is 110 cm³/mol. The number of hydrogen-bond donors (Lipinski definition) is 1. The van der Waals surface area contributed by atoms with E-state index in [1.165, 1.54) is 30.4 Å². The number of nitrogens with two attached hydrogens (primary N) is 1. The van der Waals surface area contributed by atoms with Gasteiger partial charge in [-0.25, -0.2) is 0 Å². The highest BCUT2D eigenvalue weighted by Gasteiger charge is 2.33. The van der Waals surface area contributed by atoms with Crippen LogP contribution in [0.4, 0.5) is 0 Å². The van der Waals surface area contributed by atoms with Gasteiger partial charge in [-0.1, -0.05) is 41.0 Å². The van der Waals surface area contributed by atoms with Crippen molar-refractivity contribution in [1.82, 2.24) is 10.1 Å². The van der Waals surface area contributed by atoms with Crippen molar-refractivity contribution in [3.63, 3.8) is 0 Å². The van der Waals surface area contributed by atoms with E-state index in [2.05, 4.69) is 34.4 Å². The van der Waals surface area contributed by atoms with Crippen LogP contribution < -0.4 is 22.7 Å². The van der Waals surface area contributed by atoms with Crippen molar-refractivity contribution in [2.24, 2.45) is 5.73 Å². The summed E-state index contributed by atoms with van der Waals surface area (Å²) in [6.45, 7) is 4.59. The Balaban J connectivity index is 0.00000240. The first-order valence-electron chi connectivity index (χ1n) is 9.87. The lowest BCUT2D eigenvalue weighted by Crippen LogP contribution is -3.00. The highest BCUT2D eigenvalue weighted by molar-refractivity contribution is 6.30. The normalized spacial score (nSPS) is 15.7. The molecule has 5 nitrogen and oxygen atoms in total. The molecule has 0 aliphatic carbocycles. The molecule has 0 bridgehead atoms. The Morgan fingerprint density at radius 1 is 0.897 bits per heavy atom. The molecule has 1 aliphatic heterocycles. The van der Waals surface area contributed by atoms with E-state index < -0.39 is 0 Å². The standard InChI is InChI=1S/C22H26ClN4O.BrH/c23-20-10-8-19(9-11-20)22-25-21(28-26-22)16-27(12-2-1-3-13-27)15-18-6-4-17(14-24)5-7-18;/h4-11H,1-3,12-16,24H2;1H/q+1;/p-1. The molecule has 4 rings (SSSR count). The summed E-state index contributed by atoms with van der Waals surface area (Å²) in [6, 6.07) is 16.2. The average molecular weight is 478 g/mol. The lowest BCUT2D eigenvalue weighted by molar-refractivity contribution is -0.958. The Morgan fingerprint density at radius 2 is 1.55 bits per heavy atom.